The summed E-state index contributed by atoms with van der Waals surface area (Å²) in [6.45, 7) is 2.23. The standard InChI is InChI=1S/C14H20Cl2N2/c1-17-8-4-5-11(17)10-18(2)14-7-3-6-13(16)12(14)9-15/h3,6-7,11H,4-5,8-10H2,1-2H3. The summed E-state index contributed by atoms with van der Waals surface area (Å²) in [5.74, 6) is 0.458. The minimum Gasteiger partial charge on any atom is -0.373 e. The normalized spacial score (nSPS) is 20.3. The maximum absolute atomic E-state index is 6.20. The van der Waals surface area contributed by atoms with Gasteiger partial charge in [-0.15, -0.1) is 11.6 Å². The molecule has 1 fully saturated rings. The maximum Gasteiger partial charge on any atom is 0.0509 e. The van der Waals surface area contributed by atoms with Gasteiger partial charge < -0.3 is 9.80 Å². The van der Waals surface area contributed by atoms with E-state index >= 15 is 0 Å². The lowest BCUT2D eigenvalue weighted by Crippen LogP contribution is -2.36. The van der Waals surface area contributed by atoms with E-state index in [0.29, 0.717) is 11.9 Å². The molecule has 1 aromatic carbocycles. The van der Waals surface area contributed by atoms with Crippen molar-refractivity contribution < 1.29 is 0 Å². The van der Waals surface area contributed by atoms with Crippen molar-refractivity contribution >= 4 is 28.9 Å². The van der Waals surface area contributed by atoms with Crippen molar-refractivity contribution in [1.29, 1.82) is 0 Å². The lowest BCUT2D eigenvalue weighted by atomic mass is 10.1. The Morgan fingerprint density at radius 1 is 1.44 bits per heavy atom. The molecular formula is C14H20Cl2N2. The van der Waals surface area contributed by atoms with Gasteiger partial charge in [0.15, 0.2) is 0 Å². The first-order valence-electron chi connectivity index (χ1n) is 6.38. The van der Waals surface area contributed by atoms with Gasteiger partial charge in [0.25, 0.3) is 0 Å². The molecule has 2 nitrogen and oxygen atoms in total. The molecule has 1 heterocycles. The van der Waals surface area contributed by atoms with E-state index in [0.717, 1.165) is 22.8 Å². The molecule has 2 rings (SSSR count). The topological polar surface area (TPSA) is 6.48 Å². The number of hydrogen-bond donors (Lipinski definition) is 0. The fourth-order valence-electron chi connectivity index (χ4n) is 2.66. The summed E-state index contributed by atoms with van der Waals surface area (Å²) in [6.07, 6.45) is 2.57. The zero-order valence-corrected chi connectivity index (χ0v) is 12.5. The van der Waals surface area contributed by atoms with Gasteiger partial charge in [-0.1, -0.05) is 17.7 Å². The van der Waals surface area contributed by atoms with Crippen LogP contribution < -0.4 is 4.90 Å². The molecule has 4 heteroatoms. The van der Waals surface area contributed by atoms with Crippen molar-refractivity contribution in [2.24, 2.45) is 0 Å². The van der Waals surface area contributed by atoms with Gasteiger partial charge in [-0.3, -0.25) is 0 Å². The first-order chi connectivity index (χ1) is 8.63. The van der Waals surface area contributed by atoms with E-state index in [1.165, 1.54) is 19.4 Å². The molecule has 1 saturated heterocycles. The summed E-state index contributed by atoms with van der Waals surface area (Å²) in [5, 5.41) is 0.758. The third-order valence-electron chi connectivity index (χ3n) is 3.80. The molecular weight excluding hydrogens is 267 g/mol. The molecule has 0 N–H and O–H groups in total. The largest absolute Gasteiger partial charge is 0.373 e. The predicted molar refractivity (Wildman–Crippen MR) is 79.9 cm³/mol. The van der Waals surface area contributed by atoms with Gasteiger partial charge >= 0.3 is 0 Å². The molecule has 18 heavy (non-hydrogen) atoms. The summed E-state index contributed by atoms with van der Waals surface area (Å²) in [4.78, 5) is 4.71. The minimum atomic E-state index is 0.458. The van der Waals surface area contributed by atoms with Crippen LogP contribution >= 0.6 is 23.2 Å². The van der Waals surface area contributed by atoms with E-state index in [1.807, 2.05) is 12.1 Å². The number of anilines is 1. The number of benzene rings is 1. The highest BCUT2D eigenvalue weighted by atomic mass is 35.5. The van der Waals surface area contributed by atoms with Crippen molar-refractivity contribution in [3.8, 4) is 0 Å². The minimum absolute atomic E-state index is 0.458. The van der Waals surface area contributed by atoms with Gasteiger partial charge in [0.05, 0.1) is 5.88 Å². The molecule has 1 aromatic rings. The van der Waals surface area contributed by atoms with Crippen LogP contribution in [0.4, 0.5) is 5.69 Å². The molecule has 1 unspecified atom stereocenters. The van der Waals surface area contributed by atoms with Crippen LogP contribution in [0.2, 0.25) is 5.02 Å². The Hall–Kier alpha value is -0.440. The third-order valence-corrected chi connectivity index (χ3v) is 4.42. The lowest BCUT2D eigenvalue weighted by Gasteiger charge is -2.28. The Kier molecular flexibility index (Phi) is 4.77. The Labute approximate surface area is 119 Å². The number of rotatable bonds is 4. The van der Waals surface area contributed by atoms with Crippen LogP contribution in [0, 0.1) is 0 Å². The van der Waals surface area contributed by atoms with Gasteiger partial charge in [0.2, 0.25) is 0 Å². The van der Waals surface area contributed by atoms with Gasteiger partial charge in [0, 0.05) is 35.9 Å². The average molecular weight is 287 g/mol. The first-order valence-corrected chi connectivity index (χ1v) is 7.29. The molecule has 0 amide bonds. The smallest absolute Gasteiger partial charge is 0.0509 e. The Morgan fingerprint density at radius 3 is 2.83 bits per heavy atom. The van der Waals surface area contributed by atoms with Gasteiger partial charge in [-0.25, -0.2) is 0 Å². The highest BCUT2D eigenvalue weighted by Gasteiger charge is 2.23. The molecule has 0 saturated carbocycles. The predicted octanol–water partition coefficient (Wildman–Crippen LogP) is 3.61. The first kappa shape index (κ1) is 14.0. The average Bonchev–Trinajstić information content (AvgIpc) is 2.74. The number of likely N-dealkylation sites (tertiary alicyclic amines) is 1. The summed E-state index contributed by atoms with van der Waals surface area (Å²) < 4.78 is 0. The molecule has 0 spiro atoms. The Bertz CT molecular complexity index is 409. The van der Waals surface area contributed by atoms with Crippen LogP contribution in [0.1, 0.15) is 18.4 Å². The SMILES string of the molecule is CN(CC1CCCN1C)c1cccc(Cl)c1CCl. The zero-order valence-electron chi connectivity index (χ0n) is 11.0. The van der Waals surface area contributed by atoms with Gasteiger partial charge in [-0.2, -0.15) is 0 Å². The highest BCUT2D eigenvalue weighted by Crippen LogP contribution is 2.29. The van der Waals surface area contributed by atoms with E-state index in [9.17, 15) is 0 Å². The van der Waals surface area contributed by atoms with Crippen molar-refractivity contribution in [3.05, 3.63) is 28.8 Å². The second-order valence-electron chi connectivity index (χ2n) is 5.03. The molecule has 1 aliphatic heterocycles. The van der Waals surface area contributed by atoms with Crippen molar-refractivity contribution in [3.63, 3.8) is 0 Å². The van der Waals surface area contributed by atoms with E-state index in [-0.39, 0.29) is 0 Å². The molecule has 0 bridgehead atoms. The summed E-state index contributed by atoms with van der Waals surface area (Å²) in [6, 6.07) is 6.62. The quantitative estimate of drug-likeness (QED) is 0.781. The number of alkyl halides is 1. The monoisotopic (exact) mass is 286 g/mol. The van der Waals surface area contributed by atoms with Crippen LogP contribution in [-0.4, -0.2) is 38.1 Å². The molecule has 1 aliphatic rings. The van der Waals surface area contributed by atoms with E-state index in [2.05, 4.69) is 30.0 Å². The Balaban J connectivity index is 2.13. The number of halogens is 2. The lowest BCUT2D eigenvalue weighted by molar-refractivity contribution is 0.314. The third kappa shape index (κ3) is 2.93. The summed E-state index contributed by atoms with van der Waals surface area (Å²) in [7, 11) is 4.32. The van der Waals surface area contributed by atoms with Crippen molar-refractivity contribution in [1.82, 2.24) is 4.90 Å². The summed E-state index contributed by atoms with van der Waals surface area (Å²) in [5.41, 5.74) is 2.18. The van der Waals surface area contributed by atoms with Crippen LogP contribution in [0.15, 0.2) is 18.2 Å². The van der Waals surface area contributed by atoms with Crippen molar-refractivity contribution in [2.45, 2.75) is 24.8 Å². The molecule has 1 atom stereocenters. The molecule has 0 radical (unpaired) electrons. The second kappa shape index (κ2) is 6.14. The van der Waals surface area contributed by atoms with E-state index in [4.69, 9.17) is 23.2 Å². The number of hydrogen-bond acceptors (Lipinski definition) is 2. The van der Waals surface area contributed by atoms with E-state index in [1.54, 1.807) is 0 Å². The molecule has 0 aliphatic carbocycles. The summed E-state index contributed by atoms with van der Waals surface area (Å²) >= 11 is 12.2. The number of likely N-dealkylation sites (N-methyl/N-ethyl adjacent to an activating group) is 2. The van der Waals surface area contributed by atoms with Gasteiger partial charge in [0.1, 0.15) is 0 Å². The van der Waals surface area contributed by atoms with Crippen LogP contribution in [0.5, 0.6) is 0 Å². The van der Waals surface area contributed by atoms with E-state index < -0.39 is 0 Å². The van der Waals surface area contributed by atoms with Crippen LogP contribution in [0.25, 0.3) is 0 Å². The number of nitrogens with zero attached hydrogens (tertiary/aromatic N) is 2. The van der Waals surface area contributed by atoms with Crippen molar-refractivity contribution in [2.75, 3.05) is 32.1 Å². The zero-order chi connectivity index (χ0) is 13.1. The second-order valence-corrected chi connectivity index (χ2v) is 5.70. The fourth-order valence-corrected chi connectivity index (χ4v) is 3.25. The maximum atomic E-state index is 6.20. The van der Waals surface area contributed by atoms with Gasteiger partial charge in [-0.05, 0) is 38.6 Å². The van der Waals surface area contributed by atoms with Crippen LogP contribution in [0.3, 0.4) is 0 Å². The Morgan fingerprint density at radius 2 is 2.22 bits per heavy atom. The molecule has 100 valence electrons. The highest BCUT2D eigenvalue weighted by molar-refractivity contribution is 6.32. The van der Waals surface area contributed by atoms with Crippen LogP contribution in [-0.2, 0) is 5.88 Å². The molecule has 0 aromatic heterocycles. The fraction of sp³-hybridized carbons (Fsp3) is 0.571.